The van der Waals surface area contributed by atoms with Crippen LogP contribution in [0, 0.1) is 0 Å². The SMILES string of the molecule is COc1ccc(C[SiH](C)C)c(B2OC(C)(C)C(C)(C)O2)c1. The molecule has 5 heteroatoms. The molecule has 0 unspecified atom stereocenters. The van der Waals surface area contributed by atoms with Crippen LogP contribution in [0.1, 0.15) is 33.3 Å². The van der Waals surface area contributed by atoms with Gasteiger partial charge < -0.3 is 14.0 Å². The summed E-state index contributed by atoms with van der Waals surface area (Å²) in [5, 5.41) is 0. The lowest BCUT2D eigenvalue weighted by atomic mass is 9.76. The van der Waals surface area contributed by atoms with Crippen molar-refractivity contribution in [2.45, 2.75) is 58.0 Å². The number of methoxy groups -OCH3 is 1. The van der Waals surface area contributed by atoms with Crippen LogP contribution in [0.2, 0.25) is 13.1 Å². The first-order chi connectivity index (χ1) is 9.66. The van der Waals surface area contributed by atoms with Gasteiger partial charge >= 0.3 is 7.12 Å². The van der Waals surface area contributed by atoms with Gasteiger partial charge in [0.2, 0.25) is 0 Å². The molecule has 1 aromatic rings. The Morgan fingerprint density at radius 2 is 1.67 bits per heavy atom. The Morgan fingerprint density at radius 1 is 1.10 bits per heavy atom. The lowest BCUT2D eigenvalue weighted by molar-refractivity contribution is 0.00578. The van der Waals surface area contributed by atoms with Gasteiger partial charge in [0, 0.05) is 8.80 Å². The molecule has 0 amide bonds. The molecule has 21 heavy (non-hydrogen) atoms. The first-order valence-electron chi connectivity index (χ1n) is 7.69. The largest absolute Gasteiger partial charge is 0.497 e. The fourth-order valence-corrected chi connectivity index (χ4v) is 3.77. The second-order valence-corrected chi connectivity index (χ2v) is 10.4. The molecular weight excluding hydrogens is 279 g/mol. The third-order valence-electron chi connectivity index (χ3n) is 4.49. The highest BCUT2D eigenvalue weighted by Crippen LogP contribution is 2.37. The van der Waals surface area contributed by atoms with Gasteiger partial charge in [-0.15, -0.1) is 0 Å². The summed E-state index contributed by atoms with van der Waals surface area (Å²) in [5.74, 6) is 0.855. The predicted octanol–water partition coefficient (Wildman–Crippen LogP) is 2.56. The van der Waals surface area contributed by atoms with Crippen LogP contribution in [0.4, 0.5) is 0 Å². The maximum Gasteiger partial charge on any atom is 0.495 e. The van der Waals surface area contributed by atoms with Gasteiger partial charge in [-0.1, -0.05) is 24.7 Å². The molecule has 0 N–H and O–H groups in total. The minimum atomic E-state index is -0.711. The van der Waals surface area contributed by atoms with E-state index in [0.717, 1.165) is 17.3 Å². The average molecular weight is 306 g/mol. The zero-order chi connectivity index (χ0) is 15.8. The summed E-state index contributed by atoms with van der Waals surface area (Å²) in [6, 6.07) is 7.39. The minimum Gasteiger partial charge on any atom is -0.497 e. The quantitative estimate of drug-likeness (QED) is 0.800. The van der Waals surface area contributed by atoms with E-state index in [4.69, 9.17) is 14.0 Å². The highest BCUT2D eigenvalue weighted by molar-refractivity contribution is 6.63. The first-order valence-corrected chi connectivity index (χ1v) is 10.8. The van der Waals surface area contributed by atoms with E-state index in [2.05, 4.69) is 52.9 Å². The molecule has 1 aliphatic rings. The number of ether oxygens (including phenoxy) is 1. The van der Waals surface area contributed by atoms with E-state index >= 15 is 0 Å². The summed E-state index contributed by atoms with van der Waals surface area (Å²) < 4.78 is 17.8. The number of benzene rings is 1. The summed E-state index contributed by atoms with van der Waals surface area (Å²) >= 11 is 0. The van der Waals surface area contributed by atoms with Gasteiger partial charge in [0.05, 0.1) is 18.3 Å². The Balaban J connectivity index is 2.38. The number of hydrogen-bond donors (Lipinski definition) is 0. The molecule has 0 saturated carbocycles. The Hall–Kier alpha value is -0.778. The normalized spacial score (nSPS) is 20.1. The molecule has 1 fully saturated rings. The molecule has 1 heterocycles. The van der Waals surface area contributed by atoms with Gasteiger partial charge in [-0.3, -0.25) is 0 Å². The van der Waals surface area contributed by atoms with Crippen LogP contribution in [-0.4, -0.2) is 34.2 Å². The summed E-state index contributed by atoms with van der Waals surface area (Å²) in [5.41, 5.74) is 1.82. The summed E-state index contributed by atoms with van der Waals surface area (Å²) in [6.07, 6.45) is 0. The van der Waals surface area contributed by atoms with E-state index in [9.17, 15) is 0 Å². The lowest BCUT2D eigenvalue weighted by Crippen LogP contribution is -2.41. The van der Waals surface area contributed by atoms with Crippen LogP contribution in [0.25, 0.3) is 0 Å². The van der Waals surface area contributed by atoms with Crippen LogP contribution < -0.4 is 10.2 Å². The van der Waals surface area contributed by atoms with Gasteiger partial charge in [-0.2, -0.15) is 0 Å². The third kappa shape index (κ3) is 3.36. The second-order valence-electron chi connectivity index (χ2n) is 7.25. The van der Waals surface area contributed by atoms with Gasteiger partial charge in [0.1, 0.15) is 5.75 Å². The Morgan fingerprint density at radius 3 is 2.14 bits per heavy atom. The summed E-state index contributed by atoms with van der Waals surface area (Å²) in [6.45, 7) is 13.1. The molecule has 1 aliphatic heterocycles. The van der Waals surface area contributed by atoms with E-state index in [1.54, 1.807) is 7.11 Å². The van der Waals surface area contributed by atoms with Gasteiger partial charge in [0.25, 0.3) is 0 Å². The summed E-state index contributed by atoms with van der Waals surface area (Å²) in [7, 11) is 0.672. The molecule has 0 aromatic heterocycles. The second kappa shape index (κ2) is 5.78. The molecule has 0 radical (unpaired) electrons. The Kier molecular flexibility index (Phi) is 4.57. The zero-order valence-electron chi connectivity index (χ0n) is 14.3. The van der Waals surface area contributed by atoms with Crippen molar-refractivity contribution in [2.24, 2.45) is 0 Å². The van der Waals surface area contributed by atoms with Crippen molar-refractivity contribution in [2.75, 3.05) is 7.11 Å². The van der Waals surface area contributed by atoms with Crippen molar-refractivity contribution >= 4 is 21.4 Å². The number of hydrogen-bond acceptors (Lipinski definition) is 3. The summed E-state index contributed by atoms with van der Waals surface area (Å²) in [4.78, 5) is 0. The van der Waals surface area contributed by atoms with E-state index in [-0.39, 0.29) is 18.3 Å². The van der Waals surface area contributed by atoms with Crippen LogP contribution in [0.5, 0.6) is 5.75 Å². The smallest absolute Gasteiger partial charge is 0.495 e. The molecule has 1 aromatic carbocycles. The minimum absolute atomic E-state index is 0.312. The zero-order valence-corrected chi connectivity index (χ0v) is 15.5. The van der Waals surface area contributed by atoms with Crippen molar-refractivity contribution in [1.29, 1.82) is 0 Å². The molecule has 3 nitrogen and oxygen atoms in total. The molecule has 0 spiro atoms. The third-order valence-corrected chi connectivity index (χ3v) is 5.74. The average Bonchev–Trinajstić information content (AvgIpc) is 2.58. The number of rotatable bonds is 4. The van der Waals surface area contributed by atoms with Crippen molar-refractivity contribution < 1.29 is 14.0 Å². The Bertz CT molecular complexity index is 498. The predicted molar refractivity (Wildman–Crippen MR) is 91.3 cm³/mol. The van der Waals surface area contributed by atoms with Crippen molar-refractivity contribution in [3.8, 4) is 5.75 Å². The van der Waals surface area contributed by atoms with Crippen LogP contribution in [0.15, 0.2) is 18.2 Å². The topological polar surface area (TPSA) is 27.7 Å². The standard InChI is InChI=1S/C16H27BO3Si/c1-15(2)16(3,4)20-17(19-15)14-10-13(18-5)9-8-12(14)11-21(6)7/h8-10,21H,11H2,1-7H3. The monoisotopic (exact) mass is 306 g/mol. The molecular formula is C16H27BO3Si. The molecule has 1 saturated heterocycles. The maximum absolute atomic E-state index is 6.21. The van der Waals surface area contributed by atoms with Gasteiger partial charge in [-0.25, -0.2) is 0 Å². The molecule has 0 atom stereocenters. The fraction of sp³-hybridized carbons (Fsp3) is 0.625. The maximum atomic E-state index is 6.21. The van der Waals surface area contributed by atoms with E-state index in [1.165, 1.54) is 5.56 Å². The van der Waals surface area contributed by atoms with E-state index in [1.807, 2.05) is 6.07 Å². The van der Waals surface area contributed by atoms with E-state index < -0.39 is 8.80 Å². The molecule has 0 aliphatic carbocycles. The van der Waals surface area contributed by atoms with Crippen LogP contribution in [-0.2, 0) is 15.4 Å². The van der Waals surface area contributed by atoms with Gasteiger partial charge in [-0.05, 0) is 51.3 Å². The fourth-order valence-electron chi connectivity index (χ4n) is 2.52. The van der Waals surface area contributed by atoms with Crippen molar-refractivity contribution in [3.63, 3.8) is 0 Å². The van der Waals surface area contributed by atoms with Crippen LogP contribution >= 0.6 is 0 Å². The Labute approximate surface area is 130 Å². The van der Waals surface area contributed by atoms with Crippen molar-refractivity contribution in [3.05, 3.63) is 23.8 Å². The lowest BCUT2D eigenvalue weighted by Gasteiger charge is -2.32. The van der Waals surface area contributed by atoms with Crippen LogP contribution in [0.3, 0.4) is 0 Å². The van der Waals surface area contributed by atoms with Crippen molar-refractivity contribution in [1.82, 2.24) is 0 Å². The molecule has 116 valence electrons. The highest BCUT2D eigenvalue weighted by atomic mass is 28.3. The van der Waals surface area contributed by atoms with E-state index in [0.29, 0.717) is 0 Å². The molecule has 0 bridgehead atoms. The highest BCUT2D eigenvalue weighted by Gasteiger charge is 2.52. The first kappa shape index (κ1) is 16.6. The van der Waals surface area contributed by atoms with Gasteiger partial charge in [0.15, 0.2) is 0 Å². The molecule has 2 rings (SSSR count).